The highest BCUT2D eigenvalue weighted by atomic mass is 19.4. The molecule has 0 saturated carbocycles. The highest BCUT2D eigenvalue weighted by molar-refractivity contribution is 5.93. The molecule has 1 aromatic carbocycles. The second kappa shape index (κ2) is 8.77. The Hall–Kier alpha value is -2.35. The number of alkyl halides is 3. The topological polar surface area (TPSA) is 50.2 Å². The molecule has 1 saturated heterocycles. The number of nitrogens with one attached hydrogen (secondary N) is 1. The Balaban J connectivity index is 1.70. The van der Waals surface area contributed by atoms with Crippen molar-refractivity contribution in [3.05, 3.63) is 41.6 Å². The number of halogens is 3. The number of hydrogen-bond donors (Lipinski definition) is 1. The van der Waals surface area contributed by atoms with Crippen LogP contribution in [-0.2, 0) is 12.7 Å². The van der Waals surface area contributed by atoms with Crippen LogP contribution >= 0.6 is 0 Å². The van der Waals surface area contributed by atoms with Crippen LogP contribution in [0, 0.1) is 0 Å². The highest BCUT2D eigenvalue weighted by Gasteiger charge is 2.30. The summed E-state index contributed by atoms with van der Waals surface area (Å²) in [7, 11) is 0. The van der Waals surface area contributed by atoms with Gasteiger partial charge in [0.15, 0.2) is 5.69 Å². The van der Waals surface area contributed by atoms with Gasteiger partial charge in [0.05, 0.1) is 11.3 Å². The summed E-state index contributed by atoms with van der Waals surface area (Å²) >= 11 is 0. The van der Waals surface area contributed by atoms with E-state index in [1.165, 1.54) is 25.3 Å². The van der Waals surface area contributed by atoms with Gasteiger partial charge in [-0.3, -0.25) is 9.48 Å². The van der Waals surface area contributed by atoms with Crippen molar-refractivity contribution < 1.29 is 18.0 Å². The number of benzene rings is 1. The molecule has 1 fully saturated rings. The van der Waals surface area contributed by atoms with E-state index in [-0.39, 0.29) is 11.6 Å². The third-order valence-corrected chi connectivity index (χ3v) is 4.96. The van der Waals surface area contributed by atoms with Crippen LogP contribution in [0.4, 0.5) is 13.2 Å². The Labute approximate surface area is 162 Å². The van der Waals surface area contributed by atoms with Crippen LogP contribution in [0.25, 0.3) is 11.3 Å². The van der Waals surface area contributed by atoms with Gasteiger partial charge in [0, 0.05) is 25.2 Å². The lowest BCUT2D eigenvalue weighted by Gasteiger charge is -2.26. The van der Waals surface area contributed by atoms with E-state index in [0.717, 1.165) is 31.8 Å². The molecule has 2 heterocycles. The molecule has 3 rings (SSSR count). The van der Waals surface area contributed by atoms with Crippen LogP contribution in [0.3, 0.4) is 0 Å². The lowest BCUT2D eigenvalue weighted by atomic mass is 10.1. The van der Waals surface area contributed by atoms with E-state index >= 15 is 0 Å². The average Bonchev–Trinajstić information content (AvgIpc) is 3.13. The molecule has 0 radical (unpaired) electrons. The molecule has 0 bridgehead atoms. The van der Waals surface area contributed by atoms with Crippen LogP contribution in [0.15, 0.2) is 30.3 Å². The first kappa shape index (κ1) is 20.4. The maximum Gasteiger partial charge on any atom is 0.416 e. The number of carbonyl (C=O) groups excluding carboxylic acids is 1. The molecule has 1 amide bonds. The van der Waals surface area contributed by atoms with Gasteiger partial charge in [0.1, 0.15) is 0 Å². The first-order valence-electron chi connectivity index (χ1n) is 9.64. The van der Waals surface area contributed by atoms with Crippen LogP contribution in [0.1, 0.15) is 42.2 Å². The zero-order chi connectivity index (χ0) is 20.1. The molecule has 0 atom stereocenters. The van der Waals surface area contributed by atoms with E-state index in [0.29, 0.717) is 24.3 Å². The molecule has 0 aliphatic carbocycles. The number of amides is 1. The monoisotopic (exact) mass is 394 g/mol. The lowest BCUT2D eigenvalue weighted by molar-refractivity contribution is -0.137. The largest absolute Gasteiger partial charge is 0.416 e. The molecular weight excluding hydrogens is 369 g/mol. The van der Waals surface area contributed by atoms with Crippen molar-refractivity contribution in [1.29, 1.82) is 0 Å². The van der Waals surface area contributed by atoms with Gasteiger partial charge >= 0.3 is 6.18 Å². The minimum absolute atomic E-state index is 0.216. The van der Waals surface area contributed by atoms with Gasteiger partial charge in [0.25, 0.3) is 5.91 Å². The molecule has 28 heavy (non-hydrogen) atoms. The lowest BCUT2D eigenvalue weighted by Crippen LogP contribution is -2.37. The fourth-order valence-corrected chi connectivity index (χ4v) is 3.46. The van der Waals surface area contributed by atoms with E-state index in [2.05, 4.69) is 15.3 Å². The Bertz CT molecular complexity index is 810. The van der Waals surface area contributed by atoms with E-state index in [1.807, 2.05) is 6.92 Å². The summed E-state index contributed by atoms with van der Waals surface area (Å²) < 4.78 is 40.6. The van der Waals surface area contributed by atoms with Crippen molar-refractivity contribution in [2.24, 2.45) is 0 Å². The first-order chi connectivity index (χ1) is 13.4. The molecular formula is C20H25F3N4O. The number of hydrogen-bond acceptors (Lipinski definition) is 3. The fraction of sp³-hybridized carbons (Fsp3) is 0.500. The van der Waals surface area contributed by atoms with Crippen LogP contribution in [-0.4, -0.2) is 46.8 Å². The maximum absolute atomic E-state index is 13.0. The standard InChI is InChI=1S/C20H25F3N4O/c1-2-27-18(15-7-6-8-16(13-15)20(21,22)23)14-17(25-27)19(28)24-9-12-26-10-4-3-5-11-26/h6-8,13-14H,2-5,9-12H2,1H3,(H,24,28). The zero-order valence-electron chi connectivity index (χ0n) is 15.9. The minimum Gasteiger partial charge on any atom is -0.349 e. The number of aryl methyl sites for hydroxylation is 1. The van der Waals surface area contributed by atoms with Gasteiger partial charge in [-0.1, -0.05) is 18.6 Å². The minimum atomic E-state index is -4.41. The van der Waals surface area contributed by atoms with Crippen LogP contribution in [0.2, 0.25) is 0 Å². The first-order valence-corrected chi connectivity index (χ1v) is 9.64. The zero-order valence-corrected chi connectivity index (χ0v) is 15.9. The normalized spacial score (nSPS) is 15.6. The molecule has 2 aromatic rings. The van der Waals surface area contributed by atoms with Gasteiger partial charge in [-0.15, -0.1) is 0 Å². The number of piperidine rings is 1. The number of rotatable bonds is 6. The smallest absolute Gasteiger partial charge is 0.349 e. The van der Waals surface area contributed by atoms with Gasteiger partial charge in [-0.2, -0.15) is 18.3 Å². The molecule has 152 valence electrons. The van der Waals surface area contributed by atoms with Crippen molar-refractivity contribution in [1.82, 2.24) is 20.0 Å². The van der Waals surface area contributed by atoms with Crippen molar-refractivity contribution in [2.45, 2.75) is 38.9 Å². The van der Waals surface area contributed by atoms with E-state index in [4.69, 9.17) is 0 Å². The quantitative estimate of drug-likeness (QED) is 0.811. The number of likely N-dealkylation sites (tertiary alicyclic amines) is 1. The molecule has 1 N–H and O–H groups in total. The predicted octanol–water partition coefficient (Wildman–Crippen LogP) is 3.80. The molecule has 1 aromatic heterocycles. The van der Waals surface area contributed by atoms with Crippen LogP contribution in [0.5, 0.6) is 0 Å². The Morgan fingerprint density at radius 1 is 1.18 bits per heavy atom. The van der Waals surface area contributed by atoms with Crippen molar-refractivity contribution in [3.63, 3.8) is 0 Å². The molecule has 8 heteroatoms. The summed E-state index contributed by atoms with van der Waals surface area (Å²) in [4.78, 5) is 14.8. The third kappa shape index (κ3) is 4.92. The summed E-state index contributed by atoms with van der Waals surface area (Å²) in [6.45, 7) is 5.71. The highest BCUT2D eigenvalue weighted by Crippen LogP contribution is 2.32. The van der Waals surface area contributed by atoms with E-state index in [1.54, 1.807) is 16.8 Å². The van der Waals surface area contributed by atoms with Gasteiger partial charge in [0.2, 0.25) is 0 Å². The Morgan fingerprint density at radius 2 is 1.93 bits per heavy atom. The van der Waals surface area contributed by atoms with Gasteiger partial charge in [-0.05, 0) is 51.1 Å². The summed E-state index contributed by atoms with van der Waals surface area (Å²) in [5, 5.41) is 7.13. The maximum atomic E-state index is 13.0. The van der Waals surface area contributed by atoms with Gasteiger partial charge < -0.3 is 10.2 Å². The molecule has 1 aliphatic heterocycles. The summed E-state index contributed by atoms with van der Waals surface area (Å²) in [5.41, 5.74) is 0.376. The van der Waals surface area contributed by atoms with Crippen LogP contribution < -0.4 is 5.32 Å². The third-order valence-electron chi connectivity index (χ3n) is 4.96. The number of nitrogens with zero attached hydrogens (tertiary/aromatic N) is 3. The molecule has 5 nitrogen and oxygen atoms in total. The van der Waals surface area contributed by atoms with E-state index < -0.39 is 11.7 Å². The van der Waals surface area contributed by atoms with Crippen molar-refractivity contribution in [3.8, 4) is 11.3 Å². The fourth-order valence-electron chi connectivity index (χ4n) is 3.46. The predicted molar refractivity (Wildman–Crippen MR) is 101 cm³/mol. The summed E-state index contributed by atoms with van der Waals surface area (Å²) in [6, 6.07) is 6.63. The molecule has 1 aliphatic rings. The summed E-state index contributed by atoms with van der Waals surface area (Å²) in [5.74, 6) is -0.308. The Morgan fingerprint density at radius 3 is 2.61 bits per heavy atom. The SMILES string of the molecule is CCn1nc(C(=O)NCCN2CCCCC2)cc1-c1cccc(C(F)(F)F)c1. The molecule has 0 spiro atoms. The summed E-state index contributed by atoms with van der Waals surface area (Å²) in [6.07, 6.45) is -0.776. The molecule has 0 unspecified atom stereocenters. The van der Waals surface area contributed by atoms with E-state index in [9.17, 15) is 18.0 Å². The second-order valence-corrected chi connectivity index (χ2v) is 6.97. The van der Waals surface area contributed by atoms with Gasteiger partial charge in [-0.25, -0.2) is 0 Å². The number of carbonyl (C=O) groups is 1. The van der Waals surface area contributed by atoms with Crippen molar-refractivity contribution in [2.75, 3.05) is 26.2 Å². The average molecular weight is 394 g/mol. The van der Waals surface area contributed by atoms with Crippen molar-refractivity contribution >= 4 is 5.91 Å². The Kier molecular flexibility index (Phi) is 6.39. The number of aromatic nitrogens is 2. The second-order valence-electron chi connectivity index (χ2n) is 6.97.